The third-order valence-electron chi connectivity index (χ3n) is 4.32. The van der Waals surface area contributed by atoms with Gasteiger partial charge in [0.15, 0.2) is 0 Å². The Hall–Kier alpha value is -3.21. The minimum absolute atomic E-state index is 0.261. The normalized spacial score (nSPS) is 14.8. The topological polar surface area (TPSA) is 98.5 Å². The Morgan fingerprint density at radius 3 is 2.37 bits per heavy atom. The molecular formula is C22H23NO4. The molecule has 0 atom stereocenters. The van der Waals surface area contributed by atoms with Gasteiger partial charge in [-0.2, -0.15) is 0 Å². The zero-order chi connectivity index (χ0) is 20.0. The van der Waals surface area contributed by atoms with E-state index in [2.05, 4.69) is 26.0 Å². The zero-order valence-corrected chi connectivity index (χ0v) is 15.5. The molecular weight excluding hydrogens is 342 g/mol. The molecule has 1 aromatic carbocycles. The van der Waals surface area contributed by atoms with E-state index in [4.69, 9.17) is 15.6 Å². The highest BCUT2D eigenvalue weighted by atomic mass is 16.4. The van der Waals surface area contributed by atoms with E-state index in [-0.39, 0.29) is 11.3 Å². The summed E-state index contributed by atoms with van der Waals surface area (Å²) in [6.45, 7) is 4.28. The quantitative estimate of drug-likeness (QED) is 0.519. The minimum atomic E-state index is -1.40. The summed E-state index contributed by atoms with van der Waals surface area (Å²) in [5.74, 6) is -2.75. The fraction of sp³-hybridized carbons (Fsp3) is 0.227. The number of rotatable bonds is 5. The molecule has 0 aromatic heterocycles. The molecule has 0 saturated carbocycles. The van der Waals surface area contributed by atoms with Gasteiger partial charge in [-0.05, 0) is 42.2 Å². The molecule has 0 amide bonds. The molecule has 2 aliphatic rings. The van der Waals surface area contributed by atoms with Crippen LogP contribution in [0.3, 0.4) is 0 Å². The molecule has 5 heteroatoms. The van der Waals surface area contributed by atoms with Crippen molar-refractivity contribution < 1.29 is 19.8 Å². The monoisotopic (exact) mass is 365 g/mol. The highest BCUT2D eigenvalue weighted by Crippen LogP contribution is 2.41. The number of benzene rings is 1. The number of hydrogen-bond donors (Lipinski definition) is 3. The second kappa shape index (κ2) is 8.94. The minimum Gasteiger partial charge on any atom is -0.478 e. The van der Waals surface area contributed by atoms with Crippen LogP contribution in [0.25, 0.3) is 11.6 Å². The van der Waals surface area contributed by atoms with E-state index in [9.17, 15) is 9.59 Å². The summed E-state index contributed by atoms with van der Waals surface area (Å²) in [6, 6.07) is 7.32. The Morgan fingerprint density at radius 1 is 1.07 bits per heavy atom. The van der Waals surface area contributed by atoms with Gasteiger partial charge in [-0.25, -0.2) is 9.59 Å². The molecule has 0 fully saturated rings. The first kappa shape index (κ1) is 20.1. The molecule has 0 radical (unpaired) electrons. The van der Waals surface area contributed by atoms with Crippen LogP contribution in [-0.2, 0) is 9.59 Å². The van der Waals surface area contributed by atoms with Crippen molar-refractivity contribution >= 4 is 29.3 Å². The molecule has 1 aromatic rings. The van der Waals surface area contributed by atoms with Crippen molar-refractivity contribution in [2.24, 2.45) is 0 Å². The number of allylic oxidation sites excluding steroid dienone is 4. The van der Waals surface area contributed by atoms with Crippen LogP contribution in [-0.4, -0.2) is 27.9 Å². The van der Waals surface area contributed by atoms with Crippen LogP contribution in [0.2, 0.25) is 0 Å². The van der Waals surface area contributed by atoms with Gasteiger partial charge in [0, 0.05) is 5.57 Å². The van der Waals surface area contributed by atoms with Gasteiger partial charge < -0.3 is 10.2 Å². The van der Waals surface area contributed by atoms with Gasteiger partial charge in [-0.1, -0.05) is 56.2 Å². The largest absolute Gasteiger partial charge is 0.478 e. The third kappa shape index (κ3) is 4.31. The van der Waals surface area contributed by atoms with Crippen molar-refractivity contribution in [2.75, 3.05) is 0 Å². The van der Waals surface area contributed by atoms with Gasteiger partial charge in [0.25, 0.3) is 0 Å². The summed E-state index contributed by atoms with van der Waals surface area (Å²) in [7, 11) is 0. The van der Waals surface area contributed by atoms with Crippen LogP contribution in [0.4, 0.5) is 0 Å². The van der Waals surface area contributed by atoms with Gasteiger partial charge in [-0.3, -0.25) is 5.41 Å². The molecule has 0 aliphatic heterocycles. The lowest BCUT2D eigenvalue weighted by atomic mass is 9.86. The van der Waals surface area contributed by atoms with Crippen molar-refractivity contribution in [3.8, 4) is 0 Å². The van der Waals surface area contributed by atoms with Crippen molar-refractivity contribution in [3.05, 3.63) is 70.3 Å². The fourth-order valence-corrected chi connectivity index (χ4v) is 2.97. The molecule has 0 unspecified atom stereocenters. The molecule has 0 bridgehead atoms. The van der Waals surface area contributed by atoms with Crippen molar-refractivity contribution in [1.82, 2.24) is 0 Å². The average Bonchev–Trinajstić information content (AvgIpc) is 3.01. The lowest BCUT2D eigenvalue weighted by Crippen LogP contribution is -2.22. The zero-order valence-electron chi connectivity index (χ0n) is 15.5. The molecule has 0 spiro atoms. The number of carboxylic acids is 2. The Morgan fingerprint density at radius 2 is 1.78 bits per heavy atom. The maximum Gasteiger partial charge on any atom is 0.338 e. The van der Waals surface area contributed by atoms with E-state index < -0.39 is 17.5 Å². The van der Waals surface area contributed by atoms with Gasteiger partial charge in [-0.15, -0.1) is 0 Å². The Balaban J connectivity index is 0.000000321. The molecule has 0 saturated heterocycles. The third-order valence-corrected chi connectivity index (χ3v) is 4.32. The lowest BCUT2D eigenvalue weighted by molar-refractivity contribution is -0.135. The van der Waals surface area contributed by atoms with E-state index in [1.54, 1.807) is 6.08 Å². The number of fused-ring (bicyclic) bond motifs is 3. The molecule has 3 N–H and O–H groups in total. The second-order valence-corrected chi connectivity index (χ2v) is 6.19. The number of unbranched alkanes of at least 4 members (excludes halogenated alkanes) is 2. The summed E-state index contributed by atoms with van der Waals surface area (Å²) in [6.07, 6.45) is 11.3. The van der Waals surface area contributed by atoms with E-state index in [1.807, 2.05) is 24.3 Å². The molecule has 5 nitrogen and oxygen atoms in total. The first-order valence-electron chi connectivity index (χ1n) is 8.86. The summed E-state index contributed by atoms with van der Waals surface area (Å²) in [5.41, 5.74) is 1.63. The van der Waals surface area contributed by atoms with Gasteiger partial charge in [0.05, 0.1) is 16.9 Å². The molecule has 3 rings (SSSR count). The Bertz CT molecular complexity index is 901. The highest BCUT2D eigenvalue weighted by molar-refractivity contribution is 6.37. The number of carbonyl (C=O) groups is 2. The molecule has 140 valence electrons. The van der Waals surface area contributed by atoms with Crippen LogP contribution >= 0.6 is 0 Å². The van der Waals surface area contributed by atoms with Crippen molar-refractivity contribution in [3.63, 3.8) is 0 Å². The smallest absolute Gasteiger partial charge is 0.338 e. The molecule has 27 heavy (non-hydrogen) atoms. The van der Waals surface area contributed by atoms with Crippen LogP contribution in [0, 0.1) is 5.41 Å². The maximum absolute atomic E-state index is 11.2. The lowest BCUT2D eigenvalue weighted by Gasteiger charge is -2.17. The van der Waals surface area contributed by atoms with E-state index in [0.29, 0.717) is 11.1 Å². The van der Waals surface area contributed by atoms with Crippen LogP contribution < -0.4 is 0 Å². The summed E-state index contributed by atoms with van der Waals surface area (Å²) >= 11 is 0. The Labute approximate surface area is 158 Å². The fourth-order valence-electron chi connectivity index (χ4n) is 2.97. The second-order valence-electron chi connectivity index (χ2n) is 6.19. The number of hydrogen-bond acceptors (Lipinski definition) is 3. The van der Waals surface area contributed by atoms with E-state index in [1.165, 1.54) is 25.3 Å². The van der Waals surface area contributed by atoms with Crippen LogP contribution in [0.1, 0.15) is 44.2 Å². The molecule has 0 heterocycles. The highest BCUT2D eigenvalue weighted by Gasteiger charge is 2.34. The van der Waals surface area contributed by atoms with Crippen LogP contribution in [0.15, 0.2) is 59.2 Å². The Kier molecular flexibility index (Phi) is 6.66. The average molecular weight is 365 g/mol. The predicted molar refractivity (Wildman–Crippen MR) is 107 cm³/mol. The van der Waals surface area contributed by atoms with Crippen LogP contribution in [0.5, 0.6) is 0 Å². The van der Waals surface area contributed by atoms with E-state index in [0.717, 1.165) is 11.1 Å². The summed E-state index contributed by atoms with van der Waals surface area (Å²) < 4.78 is 0. The number of carboxylic acid groups (broad SMARTS) is 2. The first-order chi connectivity index (χ1) is 12.9. The standard InChI is InChI=1S/C15H9NO4.C7H14/c16-13-10-5-7-3-1-2-4-8(7)9(10)6-11(14(17)18)12(13)15(19)20;1-3-5-7-6-4-2/h1-6,16H,(H,17,18)(H,19,20);3,5H,4,6-7H2,1-2H3. The van der Waals surface area contributed by atoms with Crippen molar-refractivity contribution in [2.45, 2.75) is 33.1 Å². The maximum atomic E-state index is 11.2. The van der Waals surface area contributed by atoms with E-state index >= 15 is 0 Å². The van der Waals surface area contributed by atoms with Gasteiger partial charge in [0.1, 0.15) is 0 Å². The van der Waals surface area contributed by atoms with Gasteiger partial charge in [0.2, 0.25) is 0 Å². The summed E-state index contributed by atoms with van der Waals surface area (Å²) in [4.78, 5) is 22.5. The number of nitrogens with one attached hydrogen (secondary N) is 1. The van der Waals surface area contributed by atoms with Gasteiger partial charge >= 0.3 is 11.9 Å². The van der Waals surface area contributed by atoms with Crippen molar-refractivity contribution in [1.29, 1.82) is 5.41 Å². The SMILES string of the molecule is CC=CCCCC.N=C1C2=Cc3ccccc3C2=CC(C(=O)O)=C1C(=O)O. The summed E-state index contributed by atoms with van der Waals surface area (Å²) in [5, 5.41) is 26.3. The molecule has 2 aliphatic carbocycles. The number of aliphatic carboxylic acids is 2. The first-order valence-corrected chi connectivity index (χ1v) is 8.86. The predicted octanol–water partition coefficient (Wildman–Crippen LogP) is 4.72.